The first-order chi connectivity index (χ1) is 9.72. The molecular weight excluding hydrogens is 326 g/mol. The van der Waals surface area contributed by atoms with Crippen LogP contribution in [0.1, 0.15) is 10.4 Å². The molecule has 0 aliphatic heterocycles. The lowest BCUT2D eigenvalue weighted by molar-refractivity contribution is -0.139. The van der Waals surface area contributed by atoms with Crippen molar-refractivity contribution < 1.29 is 33.0 Å². The maximum absolute atomic E-state index is 12.1. The van der Waals surface area contributed by atoms with Crippen molar-refractivity contribution in [2.24, 2.45) is 0 Å². The highest BCUT2D eigenvalue weighted by molar-refractivity contribution is 7.89. The standard InChI is InChI=1S/C11H12ClNO7S/c1-20-11(17)6-2-3-7(12)9(4-6)21(18,19)13-8(5-14)10(15)16/h2-4,8,13-14H,5H2,1H3,(H,15,16). The molecule has 0 heterocycles. The van der Waals surface area contributed by atoms with E-state index in [1.165, 1.54) is 6.07 Å². The zero-order valence-corrected chi connectivity index (χ0v) is 12.3. The Labute approximate surface area is 125 Å². The number of sulfonamides is 1. The molecule has 0 aliphatic rings. The van der Waals surface area contributed by atoms with E-state index in [4.69, 9.17) is 21.8 Å². The van der Waals surface area contributed by atoms with E-state index in [0.29, 0.717) is 0 Å². The second kappa shape index (κ2) is 6.85. The molecule has 3 N–H and O–H groups in total. The van der Waals surface area contributed by atoms with Crippen LogP contribution in [-0.4, -0.2) is 50.3 Å². The summed E-state index contributed by atoms with van der Waals surface area (Å²) in [7, 11) is -3.22. The van der Waals surface area contributed by atoms with E-state index in [1.54, 1.807) is 4.72 Å². The predicted molar refractivity (Wildman–Crippen MR) is 71.6 cm³/mol. The molecule has 1 rings (SSSR count). The summed E-state index contributed by atoms with van der Waals surface area (Å²) in [5.74, 6) is -2.33. The first kappa shape index (κ1) is 17.4. The number of halogens is 1. The molecule has 0 fully saturated rings. The van der Waals surface area contributed by atoms with Gasteiger partial charge in [0, 0.05) is 0 Å². The Balaban J connectivity index is 3.24. The number of ether oxygens (including phenoxy) is 1. The molecule has 0 saturated heterocycles. The first-order valence-electron chi connectivity index (χ1n) is 5.46. The van der Waals surface area contributed by atoms with E-state index in [2.05, 4.69) is 4.74 Å². The fraction of sp³-hybridized carbons (Fsp3) is 0.273. The molecule has 0 saturated carbocycles. The number of carboxylic acid groups (broad SMARTS) is 1. The zero-order valence-electron chi connectivity index (χ0n) is 10.7. The van der Waals surface area contributed by atoms with Crippen molar-refractivity contribution >= 4 is 33.6 Å². The Kier molecular flexibility index (Phi) is 5.67. The van der Waals surface area contributed by atoms with Crippen molar-refractivity contribution in [1.29, 1.82) is 0 Å². The molecule has 8 nitrogen and oxygen atoms in total. The van der Waals surface area contributed by atoms with Gasteiger partial charge in [-0.3, -0.25) is 4.79 Å². The van der Waals surface area contributed by atoms with E-state index in [1.807, 2.05) is 0 Å². The van der Waals surface area contributed by atoms with E-state index in [-0.39, 0.29) is 10.6 Å². The first-order valence-corrected chi connectivity index (χ1v) is 7.33. The molecule has 21 heavy (non-hydrogen) atoms. The number of methoxy groups -OCH3 is 1. The number of aliphatic hydroxyl groups is 1. The summed E-state index contributed by atoms with van der Waals surface area (Å²) in [6.45, 7) is -0.942. The highest BCUT2D eigenvalue weighted by atomic mass is 35.5. The topological polar surface area (TPSA) is 130 Å². The van der Waals surface area contributed by atoms with E-state index >= 15 is 0 Å². The maximum atomic E-state index is 12.1. The number of carbonyl (C=O) groups is 2. The van der Waals surface area contributed by atoms with Crippen LogP contribution in [0.25, 0.3) is 0 Å². The highest BCUT2D eigenvalue weighted by Gasteiger charge is 2.27. The monoisotopic (exact) mass is 337 g/mol. The fourth-order valence-electron chi connectivity index (χ4n) is 1.37. The van der Waals surface area contributed by atoms with Crippen molar-refractivity contribution in [3.8, 4) is 0 Å². The van der Waals surface area contributed by atoms with Crippen molar-refractivity contribution in [3.63, 3.8) is 0 Å². The summed E-state index contributed by atoms with van der Waals surface area (Å²) >= 11 is 5.75. The zero-order chi connectivity index (χ0) is 16.2. The minimum atomic E-state index is -4.34. The number of hydrogen-bond acceptors (Lipinski definition) is 6. The van der Waals surface area contributed by atoms with Gasteiger partial charge in [0.1, 0.15) is 10.9 Å². The largest absolute Gasteiger partial charge is 0.480 e. The number of carboxylic acids is 1. The van der Waals surface area contributed by atoms with Gasteiger partial charge in [-0.25, -0.2) is 13.2 Å². The third-order valence-corrected chi connectivity index (χ3v) is 4.37. The summed E-state index contributed by atoms with van der Waals surface area (Å²) < 4.78 is 30.4. The minimum Gasteiger partial charge on any atom is -0.480 e. The molecule has 0 spiro atoms. The predicted octanol–water partition coefficient (Wildman–Crippen LogP) is -0.150. The van der Waals surface area contributed by atoms with Gasteiger partial charge in [-0.15, -0.1) is 0 Å². The van der Waals surface area contributed by atoms with Gasteiger partial charge in [0.15, 0.2) is 0 Å². The minimum absolute atomic E-state index is 0.0712. The highest BCUT2D eigenvalue weighted by Crippen LogP contribution is 2.23. The number of aliphatic hydroxyl groups excluding tert-OH is 1. The summed E-state index contributed by atoms with van der Waals surface area (Å²) in [6, 6.07) is 1.64. The molecule has 1 unspecified atom stereocenters. The molecule has 0 aliphatic carbocycles. The molecule has 0 aromatic heterocycles. The van der Waals surface area contributed by atoms with Gasteiger partial charge in [-0.05, 0) is 18.2 Å². The molecule has 10 heteroatoms. The second-order valence-electron chi connectivity index (χ2n) is 3.83. The van der Waals surface area contributed by atoms with Crippen LogP contribution >= 0.6 is 11.6 Å². The van der Waals surface area contributed by atoms with Gasteiger partial charge in [-0.2, -0.15) is 4.72 Å². The Hall–Kier alpha value is -1.68. The molecule has 116 valence electrons. The average Bonchev–Trinajstić information content (AvgIpc) is 2.43. The van der Waals surface area contributed by atoms with Gasteiger partial charge < -0.3 is 14.9 Å². The van der Waals surface area contributed by atoms with Gasteiger partial charge in [0.05, 0.1) is 24.3 Å². The van der Waals surface area contributed by atoms with E-state index in [9.17, 15) is 18.0 Å². The fourth-order valence-corrected chi connectivity index (χ4v) is 3.08. The Morgan fingerprint density at radius 1 is 1.43 bits per heavy atom. The van der Waals surface area contributed by atoms with Crippen molar-refractivity contribution in [2.45, 2.75) is 10.9 Å². The third-order valence-electron chi connectivity index (χ3n) is 2.42. The Morgan fingerprint density at radius 3 is 2.52 bits per heavy atom. The lowest BCUT2D eigenvalue weighted by Gasteiger charge is -2.13. The number of carbonyl (C=O) groups excluding carboxylic acids is 1. The molecule has 0 amide bonds. The second-order valence-corrected chi connectivity index (χ2v) is 5.92. The number of esters is 1. The van der Waals surface area contributed by atoms with E-state index < -0.39 is 39.5 Å². The molecular formula is C11H12ClNO7S. The van der Waals surface area contributed by atoms with Gasteiger partial charge in [-0.1, -0.05) is 11.6 Å². The summed E-state index contributed by atoms with van der Waals surface area (Å²) in [6.07, 6.45) is 0. The summed E-state index contributed by atoms with van der Waals surface area (Å²) in [4.78, 5) is 21.6. The number of aliphatic carboxylic acids is 1. The van der Waals surface area contributed by atoms with Crippen LogP contribution in [0.4, 0.5) is 0 Å². The summed E-state index contributed by atoms with van der Waals surface area (Å²) in [5, 5.41) is 17.4. The quantitative estimate of drug-likeness (QED) is 0.615. The number of benzene rings is 1. The Bertz CT molecular complexity index is 659. The SMILES string of the molecule is COC(=O)c1ccc(Cl)c(S(=O)(=O)NC(CO)C(=O)O)c1. The molecule has 0 bridgehead atoms. The van der Waals surface area contributed by atoms with Crippen molar-refractivity contribution in [1.82, 2.24) is 4.72 Å². The molecule has 1 atom stereocenters. The van der Waals surface area contributed by atoms with Crippen LogP contribution in [0.3, 0.4) is 0 Å². The van der Waals surface area contributed by atoms with Crippen LogP contribution in [0.2, 0.25) is 5.02 Å². The molecule has 1 aromatic carbocycles. The van der Waals surface area contributed by atoms with Crippen LogP contribution < -0.4 is 4.72 Å². The van der Waals surface area contributed by atoms with Gasteiger partial charge >= 0.3 is 11.9 Å². The van der Waals surface area contributed by atoms with Gasteiger partial charge in [0.25, 0.3) is 0 Å². The average molecular weight is 338 g/mol. The molecule has 1 aromatic rings. The van der Waals surface area contributed by atoms with Crippen LogP contribution in [0.5, 0.6) is 0 Å². The normalized spacial score (nSPS) is 12.7. The molecule has 0 radical (unpaired) electrons. The van der Waals surface area contributed by atoms with Crippen molar-refractivity contribution in [2.75, 3.05) is 13.7 Å². The van der Waals surface area contributed by atoms with Crippen molar-refractivity contribution in [3.05, 3.63) is 28.8 Å². The Morgan fingerprint density at radius 2 is 2.05 bits per heavy atom. The van der Waals surface area contributed by atoms with E-state index in [0.717, 1.165) is 19.2 Å². The van der Waals surface area contributed by atoms with Crippen LogP contribution in [0.15, 0.2) is 23.1 Å². The number of nitrogens with one attached hydrogen (secondary N) is 1. The number of hydrogen-bond donors (Lipinski definition) is 3. The lowest BCUT2D eigenvalue weighted by Crippen LogP contribution is -2.43. The third kappa shape index (κ3) is 4.14. The smallest absolute Gasteiger partial charge is 0.337 e. The maximum Gasteiger partial charge on any atom is 0.337 e. The van der Waals surface area contributed by atoms with Crippen LogP contribution in [0, 0.1) is 0 Å². The summed E-state index contributed by atoms with van der Waals surface area (Å²) in [5.41, 5.74) is -0.0712. The lowest BCUT2D eigenvalue weighted by atomic mass is 10.2. The van der Waals surface area contributed by atoms with Crippen LogP contribution in [-0.2, 0) is 19.6 Å². The number of rotatable bonds is 6. The van der Waals surface area contributed by atoms with Gasteiger partial charge in [0.2, 0.25) is 10.0 Å².